The van der Waals surface area contributed by atoms with Gasteiger partial charge >= 0.3 is 5.97 Å². The Balaban J connectivity index is 1.70. The van der Waals surface area contributed by atoms with E-state index in [1.807, 2.05) is 36.4 Å². The van der Waals surface area contributed by atoms with Crippen LogP contribution < -0.4 is 0 Å². The fourth-order valence-corrected chi connectivity index (χ4v) is 3.33. The van der Waals surface area contributed by atoms with Gasteiger partial charge in [-0.15, -0.1) is 0 Å². The van der Waals surface area contributed by atoms with E-state index in [1.165, 1.54) is 11.1 Å². The summed E-state index contributed by atoms with van der Waals surface area (Å²) in [5.41, 5.74) is 2.40. The van der Waals surface area contributed by atoms with E-state index in [1.54, 1.807) is 0 Å². The van der Waals surface area contributed by atoms with Crippen molar-refractivity contribution in [3.8, 4) is 0 Å². The zero-order valence-corrected chi connectivity index (χ0v) is 13.8. The van der Waals surface area contributed by atoms with Gasteiger partial charge in [0.2, 0.25) is 0 Å². The number of carboxylic acid groups (broad SMARTS) is 1. The molecule has 1 N–H and O–H groups in total. The lowest BCUT2D eigenvalue weighted by atomic mass is 10.1. The van der Waals surface area contributed by atoms with E-state index in [-0.39, 0.29) is 0 Å². The van der Waals surface area contributed by atoms with E-state index in [0.29, 0.717) is 13.1 Å². The Morgan fingerprint density at radius 3 is 2.08 bits per heavy atom. The molecule has 0 aromatic heterocycles. The van der Waals surface area contributed by atoms with Crippen LogP contribution in [0.15, 0.2) is 60.7 Å². The molecular weight excluding hydrogens is 300 g/mol. The summed E-state index contributed by atoms with van der Waals surface area (Å²) in [6.45, 7) is 3.82. The van der Waals surface area contributed by atoms with Crippen molar-refractivity contribution < 1.29 is 9.90 Å². The minimum Gasteiger partial charge on any atom is -0.480 e. The van der Waals surface area contributed by atoms with Crippen molar-refractivity contribution in [2.45, 2.75) is 25.6 Å². The fraction of sp³-hybridized carbons (Fsp3) is 0.350. The first-order valence-electron chi connectivity index (χ1n) is 8.49. The summed E-state index contributed by atoms with van der Waals surface area (Å²) >= 11 is 0. The standard InChI is InChI=1S/C20H24N2O2/c23-20(24)19-16-21(14-17-8-3-1-4-9-17)12-7-13-22(19)15-18-10-5-2-6-11-18/h1-6,8-11,19H,7,12-16H2,(H,23,24). The molecule has 0 amide bonds. The van der Waals surface area contributed by atoms with Gasteiger partial charge in [-0.05, 0) is 24.1 Å². The lowest BCUT2D eigenvalue weighted by Crippen LogP contribution is -2.45. The minimum atomic E-state index is -0.731. The molecule has 0 spiro atoms. The number of hydrogen-bond donors (Lipinski definition) is 1. The van der Waals surface area contributed by atoms with Crippen molar-refractivity contribution in [3.05, 3.63) is 71.8 Å². The second-order valence-electron chi connectivity index (χ2n) is 6.38. The average Bonchev–Trinajstić information content (AvgIpc) is 2.79. The maximum atomic E-state index is 11.8. The average molecular weight is 324 g/mol. The lowest BCUT2D eigenvalue weighted by molar-refractivity contribution is -0.143. The summed E-state index contributed by atoms with van der Waals surface area (Å²) in [6.07, 6.45) is 0.990. The van der Waals surface area contributed by atoms with Gasteiger partial charge in [0.1, 0.15) is 6.04 Å². The summed E-state index contributed by atoms with van der Waals surface area (Å²) in [5.74, 6) is -0.731. The number of carbonyl (C=O) groups is 1. The smallest absolute Gasteiger partial charge is 0.322 e. The van der Waals surface area contributed by atoms with Crippen LogP contribution in [0.4, 0.5) is 0 Å². The summed E-state index contributed by atoms with van der Waals surface area (Å²) in [5, 5.41) is 9.73. The molecule has 2 aromatic rings. The van der Waals surface area contributed by atoms with E-state index >= 15 is 0 Å². The topological polar surface area (TPSA) is 43.8 Å². The van der Waals surface area contributed by atoms with Gasteiger partial charge < -0.3 is 5.11 Å². The van der Waals surface area contributed by atoms with Crippen LogP contribution >= 0.6 is 0 Å². The maximum absolute atomic E-state index is 11.8. The Hall–Kier alpha value is -2.17. The van der Waals surface area contributed by atoms with Crippen molar-refractivity contribution in [1.29, 1.82) is 0 Å². The highest BCUT2D eigenvalue weighted by molar-refractivity contribution is 5.73. The molecule has 1 heterocycles. The van der Waals surface area contributed by atoms with E-state index in [9.17, 15) is 9.90 Å². The van der Waals surface area contributed by atoms with E-state index < -0.39 is 12.0 Å². The Morgan fingerprint density at radius 2 is 1.50 bits per heavy atom. The van der Waals surface area contributed by atoms with Crippen LogP contribution in [0.1, 0.15) is 17.5 Å². The number of hydrogen-bond acceptors (Lipinski definition) is 3. The molecule has 2 aromatic carbocycles. The van der Waals surface area contributed by atoms with E-state index in [2.05, 4.69) is 34.1 Å². The molecule has 1 unspecified atom stereocenters. The molecule has 1 saturated heterocycles. The van der Waals surface area contributed by atoms with Crippen LogP contribution in [0.5, 0.6) is 0 Å². The summed E-state index contributed by atoms with van der Waals surface area (Å²) < 4.78 is 0. The lowest BCUT2D eigenvalue weighted by Gasteiger charge is -2.28. The number of carboxylic acids is 1. The highest BCUT2D eigenvalue weighted by Crippen LogP contribution is 2.16. The summed E-state index contributed by atoms with van der Waals surface area (Å²) in [6, 6.07) is 19.9. The SMILES string of the molecule is O=C(O)C1CN(Cc2ccccc2)CCCN1Cc1ccccc1. The Bertz CT molecular complexity index is 645. The van der Waals surface area contributed by atoms with Gasteiger partial charge in [-0.2, -0.15) is 0 Å². The van der Waals surface area contributed by atoms with E-state index in [0.717, 1.165) is 26.1 Å². The van der Waals surface area contributed by atoms with Gasteiger partial charge in [0.05, 0.1) is 0 Å². The van der Waals surface area contributed by atoms with Crippen molar-refractivity contribution in [3.63, 3.8) is 0 Å². The molecule has 0 aliphatic carbocycles. The second kappa shape index (κ2) is 8.08. The molecular formula is C20H24N2O2. The predicted molar refractivity (Wildman–Crippen MR) is 94.6 cm³/mol. The number of aliphatic carboxylic acids is 1. The first kappa shape index (κ1) is 16.7. The quantitative estimate of drug-likeness (QED) is 0.918. The van der Waals surface area contributed by atoms with Crippen LogP contribution in [0.25, 0.3) is 0 Å². The number of nitrogens with zero attached hydrogens (tertiary/aromatic N) is 2. The Kier molecular flexibility index (Phi) is 5.62. The maximum Gasteiger partial charge on any atom is 0.322 e. The summed E-state index contributed by atoms with van der Waals surface area (Å²) in [7, 11) is 0. The first-order valence-corrected chi connectivity index (χ1v) is 8.49. The Labute approximate surface area is 143 Å². The van der Waals surface area contributed by atoms with Crippen LogP contribution in [0.2, 0.25) is 0 Å². The van der Waals surface area contributed by atoms with Crippen LogP contribution in [-0.2, 0) is 17.9 Å². The normalized spacial score (nSPS) is 19.8. The zero-order chi connectivity index (χ0) is 16.8. The number of benzene rings is 2. The van der Waals surface area contributed by atoms with Crippen molar-refractivity contribution in [1.82, 2.24) is 9.80 Å². The highest BCUT2D eigenvalue weighted by Gasteiger charge is 2.30. The largest absolute Gasteiger partial charge is 0.480 e. The van der Waals surface area contributed by atoms with Crippen LogP contribution in [0, 0.1) is 0 Å². The molecule has 0 saturated carbocycles. The zero-order valence-electron chi connectivity index (χ0n) is 13.8. The second-order valence-corrected chi connectivity index (χ2v) is 6.38. The minimum absolute atomic E-state index is 0.462. The monoisotopic (exact) mass is 324 g/mol. The van der Waals surface area contributed by atoms with Crippen molar-refractivity contribution in [2.75, 3.05) is 19.6 Å². The Morgan fingerprint density at radius 1 is 0.917 bits per heavy atom. The molecule has 4 nitrogen and oxygen atoms in total. The molecule has 126 valence electrons. The molecule has 24 heavy (non-hydrogen) atoms. The third-order valence-electron chi connectivity index (χ3n) is 4.55. The van der Waals surface area contributed by atoms with Gasteiger partial charge in [0.25, 0.3) is 0 Å². The molecule has 0 bridgehead atoms. The summed E-state index contributed by atoms with van der Waals surface area (Å²) in [4.78, 5) is 16.2. The van der Waals surface area contributed by atoms with Crippen molar-refractivity contribution in [2.24, 2.45) is 0 Å². The number of rotatable bonds is 5. The molecule has 0 radical (unpaired) electrons. The molecule has 3 rings (SSSR count). The van der Waals surface area contributed by atoms with E-state index in [4.69, 9.17) is 0 Å². The van der Waals surface area contributed by atoms with Gasteiger partial charge in [-0.3, -0.25) is 14.6 Å². The first-order chi connectivity index (χ1) is 11.7. The van der Waals surface area contributed by atoms with Crippen LogP contribution in [0.3, 0.4) is 0 Å². The van der Waals surface area contributed by atoms with Gasteiger partial charge in [0, 0.05) is 26.2 Å². The van der Waals surface area contributed by atoms with Crippen molar-refractivity contribution >= 4 is 5.97 Å². The molecule has 1 atom stereocenters. The third kappa shape index (κ3) is 4.43. The van der Waals surface area contributed by atoms with Gasteiger partial charge in [0.15, 0.2) is 0 Å². The third-order valence-corrected chi connectivity index (χ3v) is 4.55. The highest BCUT2D eigenvalue weighted by atomic mass is 16.4. The molecule has 4 heteroatoms. The predicted octanol–water partition coefficient (Wildman–Crippen LogP) is 2.85. The van der Waals surface area contributed by atoms with Gasteiger partial charge in [-0.25, -0.2) is 0 Å². The van der Waals surface area contributed by atoms with Gasteiger partial charge in [-0.1, -0.05) is 60.7 Å². The molecule has 1 fully saturated rings. The fourth-order valence-electron chi connectivity index (χ4n) is 3.33. The molecule has 1 aliphatic rings. The van der Waals surface area contributed by atoms with Crippen LogP contribution in [-0.4, -0.2) is 46.6 Å². The molecule has 1 aliphatic heterocycles.